The fourth-order valence-electron chi connectivity index (χ4n) is 3.07. The van der Waals surface area contributed by atoms with Crippen molar-refractivity contribution in [2.24, 2.45) is 0 Å². The average Bonchev–Trinajstić information content (AvgIpc) is 2.39. The Balaban J connectivity index is 2.46. The molecule has 0 atom stereocenters. The van der Waals surface area contributed by atoms with Gasteiger partial charge in [0.25, 0.3) is 0 Å². The Labute approximate surface area is 114 Å². The molecule has 0 aromatic heterocycles. The Hall–Kier alpha value is -0.0800. The van der Waals surface area contributed by atoms with Crippen LogP contribution in [-0.4, -0.2) is 23.8 Å². The van der Waals surface area contributed by atoms with Crippen LogP contribution in [0.15, 0.2) is 0 Å². The molecule has 1 aliphatic carbocycles. The van der Waals surface area contributed by atoms with E-state index in [2.05, 4.69) is 12.2 Å². The van der Waals surface area contributed by atoms with Crippen LogP contribution in [0.2, 0.25) is 0 Å². The Bertz CT molecular complexity index is 182. The summed E-state index contributed by atoms with van der Waals surface area (Å²) in [6.45, 7) is 3.56. The molecule has 2 nitrogen and oxygen atoms in total. The summed E-state index contributed by atoms with van der Waals surface area (Å²) < 4.78 is 0. The highest BCUT2D eigenvalue weighted by Gasteiger charge is 2.27. The minimum absolute atomic E-state index is 0.0230. The lowest BCUT2D eigenvalue weighted by Crippen LogP contribution is -2.48. The van der Waals surface area contributed by atoms with Gasteiger partial charge in [-0.3, -0.25) is 0 Å². The lowest BCUT2D eigenvalue weighted by Gasteiger charge is -2.34. The lowest BCUT2D eigenvalue weighted by molar-refractivity contribution is 0.135. The van der Waals surface area contributed by atoms with E-state index in [-0.39, 0.29) is 5.54 Å². The molecule has 1 aliphatic rings. The van der Waals surface area contributed by atoms with Crippen molar-refractivity contribution in [1.82, 2.24) is 5.32 Å². The molecule has 108 valence electrons. The van der Waals surface area contributed by atoms with E-state index in [1.165, 1.54) is 57.8 Å². The van der Waals surface area contributed by atoms with Gasteiger partial charge in [-0.05, 0) is 25.8 Å². The summed E-state index contributed by atoms with van der Waals surface area (Å²) in [5.41, 5.74) is 0.0230. The van der Waals surface area contributed by atoms with Gasteiger partial charge in [0.05, 0.1) is 6.61 Å². The second kappa shape index (κ2) is 9.80. The van der Waals surface area contributed by atoms with Gasteiger partial charge in [-0.15, -0.1) is 0 Å². The molecule has 0 amide bonds. The monoisotopic (exact) mass is 255 g/mol. The van der Waals surface area contributed by atoms with Gasteiger partial charge < -0.3 is 10.4 Å². The van der Waals surface area contributed by atoms with Crippen molar-refractivity contribution in [3.8, 4) is 0 Å². The molecule has 0 radical (unpaired) electrons. The average molecular weight is 255 g/mol. The number of hydrogen-bond donors (Lipinski definition) is 2. The van der Waals surface area contributed by atoms with Crippen LogP contribution in [-0.2, 0) is 0 Å². The van der Waals surface area contributed by atoms with Crippen LogP contribution in [0.3, 0.4) is 0 Å². The summed E-state index contributed by atoms with van der Waals surface area (Å²) in [7, 11) is 0. The van der Waals surface area contributed by atoms with Gasteiger partial charge in [0.15, 0.2) is 0 Å². The molecule has 0 heterocycles. The van der Waals surface area contributed by atoms with Crippen molar-refractivity contribution in [3.63, 3.8) is 0 Å². The van der Waals surface area contributed by atoms with Crippen molar-refractivity contribution < 1.29 is 5.11 Å². The first-order valence-electron chi connectivity index (χ1n) is 8.19. The predicted molar refractivity (Wildman–Crippen MR) is 78.9 cm³/mol. The van der Waals surface area contributed by atoms with Gasteiger partial charge in [-0.25, -0.2) is 0 Å². The maximum absolute atomic E-state index is 9.81. The van der Waals surface area contributed by atoms with E-state index in [1.807, 2.05) is 0 Å². The SMILES string of the molecule is CCCNC1(CO)CCCCCCCCCCC1. The van der Waals surface area contributed by atoms with Crippen LogP contribution in [0.5, 0.6) is 0 Å². The zero-order chi connectivity index (χ0) is 13.1. The molecule has 0 aromatic rings. The Kier molecular flexibility index (Phi) is 8.70. The minimum atomic E-state index is 0.0230. The van der Waals surface area contributed by atoms with E-state index >= 15 is 0 Å². The first-order valence-corrected chi connectivity index (χ1v) is 8.19. The maximum Gasteiger partial charge on any atom is 0.0613 e. The predicted octanol–water partition coefficient (Wildman–Crippen LogP) is 4.02. The third-order valence-electron chi connectivity index (χ3n) is 4.36. The fourth-order valence-corrected chi connectivity index (χ4v) is 3.07. The van der Waals surface area contributed by atoms with E-state index in [0.717, 1.165) is 25.8 Å². The van der Waals surface area contributed by atoms with Crippen molar-refractivity contribution in [1.29, 1.82) is 0 Å². The molecule has 0 saturated heterocycles. The lowest BCUT2D eigenvalue weighted by atomic mass is 9.86. The Morgan fingerprint density at radius 1 is 0.833 bits per heavy atom. The van der Waals surface area contributed by atoms with E-state index < -0.39 is 0 Å². The molecule has 2 N–H and O–H groups in total. The molecule has 0 aromatic carbocycles. The molecule has 1 fully saturated rings. The summed E-state index contributed by atoms with van der Waals surface area (Å²) in [5.74, 6) is 0. The van der Waals surface area contributed by atoms with E-state index in [1.54, 1.807) is 0 Å². The van der Waals surface area contributed by atoms with Crippen molar-refractivity contribution >= 4 is 0 Å². The van der Waals surface area contributed by atoms with Crippen LogP contribution in [0.25, 0.3) is 0 Å². The van der Waals surface area contributed by atoms with E-state index in [0.29, 0.717) is 6.61 Å². The fraction of sp³-hybridized carbons (Fsp3) is 1.00. The summed E-state index contributed by atoms with van der Waals surface area (Å²) >= 11 is 0. The quantitative estimate of drug-likeness (QED) is 0.795. The molecule has 1 rings (SSSR count). The third-order valence-corrected chi connectivity index (χ3v) is 4.36. The second-order valence-electron chi connectivity index (χ2n) is 6.05. The van der Waals surface area contributed by atoms with Crippen molar-refractivity contribution in [2.75, 3.05) is 13.2 Å². The highest BCUT2D eigenvalue weighted by molar-refractivity contribution is 4.87. The van der Waals surface area contributed by atoms with Crippen LogP contribution in [0.1, 0.15) is 84.0 Å². The molecular formula is C16H33NO. The van der Waals surface area contributed by atoms with Gasteiger partial charge in [0.1, 0.15) is 0 Å². The first-order chi connectivity index (χ1) is 8.83. The van der Waals surface area contributed by atoms with Gasteiger partial charge in [0.2, 0.25) is 0 Å². The molecule has 1 saturated carbocycles. The zero-order valence-electron chi connectivity index (χ0n) is 12.3. The van der Waals surface area contributed by atoms with Crippen LogP contribution < -0.4 is 5.32 Å². The Morgan fingerprint density at radius 2 is 1.28 bits per heavy atom. The molecule has 18 heavy (non-hydrogen) atoms. The topological polar surface area (TPSA) is 32.3 Å². The van der Waals surface area contributed by atoms with Gasteiger partial charge in [0, 0.05) is 5.54 Å². The first kappa shape index (κ1) is 16.0. The number of rotatable bonds is 4. The summed E-state index contributed by atoms with van der Waals surface area (Å²) in [6.07, 6.45) is 15.7. The van der Waals surface area contributed by atoms with E-state index in [9.17, 15) is 5.11 Å². The van der Waals surface area contributed by atoms with Crippen molar-refractivity contribution in [3.05, 3.63) is 0 Å². The Morgan fingerprint density at radius 3 is 1.67 bits per heavy atom. The number of hydrogen-bond acceptors (Lipinski definition) is 2. The van der Waals surface area contributed by atoms with E-state index in [4.69, 9.17) is 0 Å². The number of nitrogens with one attached hydrogen (secondary N) is 1. The van der Waals surface area contributed by atoms with Gasteiger partial charge >= 0.3 is 0 Å². The molecular weight excluding hydrogens is 222 g/mol. The molecule has 2 heteroatoms. The summed E-state index contributed by atoms with van der Waals surface area (Å²) in [6, 6.07) is 0. The smallest absolute Gasteiger partial charge is 0.0613 e. The number of aliphatic hydroxyl groups excluding tert-OH is 1. The molecule has 0 aliphatic heterocycles. The minimum Gasteiger partial charge on any atom is -0.394 e. The maximum atomic E-state index is 9.81. The summed E-state index contributed by atoms with van der Waals surface area (Å²) in [5, 5.41) is 13.4. The molecule has 0 spiro atoms. The standard InChI is InChI=1S/C16H33NO/c1-2-14-17-16(15-18)12-10-8-6-4-3-5-7-9-11-13-16/h17-18H,2-15H2,1H3. The van der Waals surface area contributed by atoms with Crippen LogP contribution in [0, 0.1) is 0 Å². The van der Waals surface area contributed by atoms with Gasteiger partial charge in [-0.2, -0.15) is 0 Å². The second-order valence-corrected chi connectivity index (χ2v) is 6.05. The van der Waals surface area contributed by atoms with Crippen molar-refractivity contribution in [2.45, 2.75) is 89.5 Å². The van der Waals surface area contributed by atoms with Gasteiger partial charge in [-0.1, -0.05) is 64.7 Å². The largest absolute Gasteiger partial charge is 0.394 e. The highest BCUT2D eigenvalue weighted by atomic mass is 16.3. The van der Waals surface area contributed by atoms with Crippen LogP contribution in [0.4, 0.5) is 0 Å². The van der Waals surface area contributed by atoms with Crippen LogP contribution >= 0.6 is 0 Å². The molecule has 0 bridgehead atoms. The molecule has 0 unspecified atom stereocenters. The summed E-state index contributed by atoms with van der Waals surface area (Å²) in [4.78, 5) is 0. The normalized spacial score (nSPS) is 23.0. The third kappa shape index (κ3) is 6.19. The zero-order valence-corrected chi connectivity index (χ0v) is 12.3. The number of aliphatic hydroxyl groups is 1. The highest BCUT2D eigenvalue weighted by Crippen LogP contribution is 2.24.